The Hall–Kier alpha value is -0.930. The Morgan fingerprint density at radius 3 is 2.89 bits per heavy atom. The Kier molecular flexibility index (Phi) is 4.58. The van der Waals surface area contributed by atoms with Crippen LogP contribution in [0.5, 0.6) is 0 Å². The van der Waals surface area contributed by atoms with Crippen LogP contribution in [0.25, 0.3) is 0 Å². The molecule has 1 aliphatic rings. The van der Waals surface area contributed by atoms with Crippen LogP contribution in [-0.4, -0.2) is 18.8 Å². The highest BCUT2D eigenvalue weighted by molar-refractivity contribution is 5.29. The zero-order chi connectivity index (χ0) is 13.9. The molecule has 0 spiro atoms. The number of nitrogens with one attached hydrogen (secondary N) is 1. The molecule has 1 N–H and O–H groups in total. The average Bonchev–Trinajstić information content (AvgIpc) is 2.82. The second-order valence-electron chi connectivity index (χ2n) is 5.68. The van der Waals surface area contributed by atoms with E-state index in [1.54, 1.807) is 6.07 Å². The molecule has 2 rings (SSSR count). The van der Waals surface area contributed by atoms with E-state index in [1.807, 2.05) is 19.1 Å². The molecule has 0 bridgehead atoms. The summed E-state index contributed by atoms with van der Waals surface area (Å²) in [5, 5.41) is 3.47. The van der Waals surface area contributed by atoms with Crippen LogP contribution in [-0.2, 0) is 4.74 Å². The maximum absolute atomic E-state index is 14.2. The highest BCUT2D eigenvalue weighted by atomic mass is 19.1. The zero-order valence-corrected chi connectivity index (χ0v) is 12.1. The first kappa shape index (κ1) is 14.5. The lowest BCUT2D eigenvalue weighted by molar-refractivity contribution is -0.0133. The molecule has 0 saturated carbocycles. The Morgan fingerprint density at radius 2 is 2.26 bits per heavy atom. The third-order valence-corrected chi connectivity index (χ3v) is 3.92. The molecule has 0 amide bonds. The van der Waals surface area contributed by atoms with Gasteiger partial charge in [0, 0.05) is 12.2 Å². The van der Waals surface area contributed by atoms with E-state index in [0.717, 1.165) is 43.5 Å². The first-order chi connectivity index (χ1) is 9.07. The van der Waals surface area contributed by atoms with Crippen LogP contribution in [0.2, 0.25) is 0 Å². The molecule has 106 valence electrons. The minimum Gasteiger partial charge on any atom is -0.373 e. The van der Waals surface area contributed by atoms with Gasteiger partial charge in [-0.15, -0.1) is 0 Å². The van der Waals surface area contributed by atoms with Crippen molar-refractivity contribution in [1.82, 2.24) is 5.32 Å². The van der Waals surface area contributed by atoms with Gasteiger partial charge in [-0.05, 0) is 45.7 Å². The van der Waals surface area contributed by atoms with Crippen molar-refractivity contribution in [3.05, 3.63) is 35.1 Å². The van der Waals surface area contributed by atoms with Crippen molar-refractivity contribution in [3.63, 3.8) is 0 Å². The van der Waals surface area contributed by atoms with Crippen LogP contribution in [0.15, 0.2) is 18.2 Å². The predicted molar refractivity (Wildman–Crippen MR) is 75.8 cm³/mol. The fraction of sp³-hybridized carbons (Fsp3) is 0.625. The summed E-state index contributed by atoms with van der Waals surface area (Å²) in [5.74, 6) is -0.143. The van der Waals surface area contributed by atoms with E-state index in [2.05, 4.69) is 19.2 Å². The van der Waals surface area contributed by atoms with Gasteiger partial charge in [0.15, 0.2) is 0 Å². The molecule has 1 saturated heterocycles. The highest BCUT2D eigenvalue weighted by Crippen LogP contribution is 2.38. The van der Waals surface area contributed by atoms with Crippen LogP contribution in [0.1, 0.15) is 50.3 Å². The summed E-state index contributed by atoms with van der Waals surface area (Å²) in [6, 6.07) is 5.24. The van der Waals surface area contributed by atoms with Gasteiger partial charge in [-0.2, -0.15) is 0 Å². The quantitative estimate of drug-likeness (QED) is 0.875. The Balaban J connectivity index is 2.33. The second kappa shape index (κ2) is 6.02. The number of hydrogen-bond acceptors (Lipinski definition) is 2. The molecule has 2 atom stereocenters. The van der Waals surface area contributed by atoms with Crippen molar-refractivity contribution in [2.24, 2.45) is 0 Å². The lowest BCUT2D eigenvalue weighted by Crippen LogP contribution is -2.42. The zero-order valence-electron chi connectivity index (χ0n) is 12.1. The lowest BCUT2D eigenvalue weighted by atomic mass is 9.86. The molecular formula is C16H24FNO. The maximum atomic E-state index is 14.2. The normalized spacial score (nSPS) is 24.6. The summed E-state index contributed by atoms with van der Waals surface area (Å²) >= 11 is 0. The molecule has 1 fully saturated rings. The third kappa shape index (κ3) is 3.15. The van der Waals surface area contributed by atoms with Crippen molar-refractivity contribution in [2.75, 3.05) is 13.2 Å². The van der Waals surface area contributed by atoms with Gasteiger partial charge in [0.2, 0.25) is 0 Å². The topological polar surface area (TPSA) is 21.3 Å². The number of halogens is 1. The molecule has 19 heavy (non-hydrogen) atoms. The number of hydrogen-bond donors (Lipinski definition) is 1. The molecule has 2 nitrogen and oxygen atoms in total. The van der Waals surface area contributed by atoms with Crippen molar-refractivity contribution in [1.29, 1.82) is 0 Å². The van der Waals surface area contributed by atoms with Gasteiger partial charge in [0.05, 0.1) is 11.6 Å². The van der Waals surface area contributed by atoms with Gasteiger partial charge in [-0.1, -0.05) is 24.6 Å². The summed E-state index contributed by atoms with van der Waals surface area (Å²) in [4.78, 5) is 0. The minimum atomic E-state index is -0.302. The summed E-state index contributed by atoms with van der Waals surface area (Å²) in [6.45, 7) is 7.85. The fourth-order valence-electron chi connectivity index (χ4n) is 2.86. The standard InChI is InChI=1S/C16H24FNO/c1-4-9-18-15(16(3)8-5-10-19-16)13-11-12(2)6-7-14(13)17/h6-7,11,15,18H,4-5,8-10H2,1-3H3. The van der Waals surface area contributed by atoms with Gasteiger partial charge in [-0.25, -0.2) is 4.39 Å². The molecule has 0 aliphatic carbocycles. The molecule has 2 unspecified atom stereocenters. The summed E-state index contributed by atoms with van der Waals surface area (Å²) in [5.41, 5.74) is 1.52. The molecule has 0 radical (unpaired) electrons. The van der Waals surface area contributed by atoms with Gasteiger partial charge in [0.1, 0.15) is 5.82 Å². The SMILES string of the molecule is CCCNC(c1cc(C)ccc1F)C1(C)CCCO1. The fourth-order valence-corrected chi connectivity index (χ4v) is 2.86. The van der Waals surface area contributed by atoms with E-state index in [-0.39, 0.29) is 17.5 Å². The average molecular weight is 265 g/mol. The number of aryl methyl sites for hydroxylation is 1. The van der Waals surface area contributed by atoms with Crippen LogP contribution in [0, 0.1) is 12.7 Å². The Bertz CT molecular complexity index is 427. The van der Waals surface area contributed by atoms with Crippen LogP contribution < -0.4 is 5.32 Å². The van der Waals surface area contributed by atoms with E-state index in [0.29, 0.717) is 0 Å². The summed E-state index contributed by atoms with van der Waals surface area (Å²) < 4.78 is 20.1. The van der Waals surface area contributed by atoms with Crippen LogP contribution in [0.4, 0.5) is 4.39 Å². The van der Waals surface area contributed by atoms with Crippen molar-refractivity contribution in [2.45, 2.75) is 51.7 Å². The molecule has 3 heteroatoms. The van der Waals surface area contributed by atoms with E-state index >= 15 is 0 Å². The molecule has 1 heterocycles. The Morgan fingerprint density at radius 1 is 1.47 bits per heavy atom. The van der Waals surface area contributed by atoms with Gasteiger partial charge < -0.3 is 10.1 Å². The molecule has 1 aromatic rings. The van der Waals surface area contributed by atoms with Gasteiger partial charge in [0.25, 0.3) is 0 Å². The molecule has 0 aromatic heterocycles. The van der Waals surface area contributed by atoms with E-state index < -0.39 is 0 Å². The van der Waals surface area contributed by atoms with E-state index in [1.165, 1.54) is 0 Å². The first-order valence-corrected chi connectivity index (χ1v) is 7.20. The van der Waals surface area contributed by atoms with Gasteiger partial charge >= 0.3 is 0 Å². The van der Waals surface area contributed by atoms with Crippen molar-refractivity contribution >= 4 is 0 Å². The molecule has 1 aliphatic heterocycles. The van der Waals surface area contributed by atoms with Crippen molar-refractivity contribution in [3.8, 4) is 0 Å². The molecule has 1 aromatic carbocycles. The largest absolute Gasteiger partial charge is 0.373 e. The highest BCUT2D eigenvalue weighted by Gasteiger charge is 2.40. The lowest BCUT2D eigenvalue weighted by Gasteiger charge is -2.35. The number of ether oxygens (including phenoxy) is 1. The minimum absolute atomic E-state index is 0.0742. The molecular weight excluding hydrogens is 241 g/mol. The second-order valence-corrected chi connectivity index (χ2v) is 5.68. The van der Waals surface area contributed by atoms with E-state index in [4.69, 9.17) is 4.74 Å². The van der Waals surface area contributed by atoms with E-state index in [9.17, 15) is 4.39 Å². The smallest absolute Gasteiger partial charge is 0.128 e. The van der Waals surface area contributed by atoms with Gasteiger partial charge in [-0.3, -0.25) is 0 Å². The Labute approximate surface area is 115 Å². The predicted octanol–water partition coefficient (Wildman–Crippen LogP) is 3.74. The van der Waals surface area contributed by atoms with Crippen LogP contribution >= 0.6 is 0 Å². The summed E-state index contributed by atoms with van der Waals surface area (Å²) in [7, 11) is 0. The number of benzene rings is 1. The summed E-state index contributed by atoms with van der Waals surface area (Å²) in [6.07, 6.45) is 3.05. The first-order valence-electron chi connectivity index (χ1n) is 7.20. The van der Waals surface area contributed by atoms with Crippen molar-refractivity contribution < 1.29 is 9.13 Å². The maximum Gasteiger partial charge on any atom is 0.128 e. The third-order valence-electron chi connectivity index (χ3n) is 3.92. The number of rotatable bonds is 5. The van der Waals surface area contributed by atoms with Crippen LogP contribution in [0.3, 0.4) is 0 Å². The monoisotopic (exact) mass is 265 g/mol.